The Labute approximate surface area is 94.8 Å². The molecule has 0 aliphatic carbocycles. The first-order valence-electron chi connectivity index (χ1n) is 5.67. The average molecular weight is 214 g/mol. The van der Waals surface area contributed by atoms with Crippen molar-refractivity contribution in [2.24, 2.45) is 0 Å². The van der Waals surface area contributed by atoms with E-state index in [-0.39, 0.29) is 0 Å². The van der Waals surface area contributed by atoms with Gasteiger partial charge in [0, 0.05) is 24.7 Å². The number of ether oxygens (including phenoxy) is 1. The highest BCUT2D eigenvalue weighted by atomic mass is 16.5. The van der Waals surface area contributed by atoms with Crippen molar-refractivity contribution in [1.82, 2.24) is 10.3 Å². The van der Waals surface area contributed by atoms with E-state index in [0.717, 1.165) is 48.7 Å². The number of pyridine rings is 1. The van der Waals surface area contributed by atoms with Crippen molar-refractivity contribution in [3.05, 3.63) is 41.7 Å². The van der Waals surface area contributed by atoms with Crippen LogP contribution in [0.4, 0.5) is 0 Å². The zero-order valence-corrected chi connectivity index (χ0v) is 9.07. The van der Waals surface area contributed by atoms with Gasteiger partial charge in [0.25, 0.3) is 0 Å². The van der Waals surface area contributed by atoms with Crippen molar-refractivity contribution in [3.63, 3.8) is 0 Å². The maximum Gasteiger partial charge on any atom is 0.124 e. The third-order valence-corrected chi connectivity index (χ3v) is 2.84. The van der Waals surface area contributed by atoms with Gasteiger partial charge in [-0.3, -0.25) is 4.98 Å². The normalized spacial score (nSPS) is 18.8. The summed E-state index contributed by atoms with van der Waals surface area (Å²) in [5.41, 5.74) is 3.23. The molecule has 1 aromatic rings. The summed E-state index contributed by atoms with van der Waals surface area (Å²) >= 11 is 0. The van der Waals surface area contributed by atoms with Crippen LogP contribution < -0.4 is 5.32 Å². The average Bonchev–Trinajstić information content (AvgIpc) is 3.03. The molecule has 2 aliphatic rings. The summed E-state index contributed by atoms with van der Waals surface area (Å²) in [5.74, 6) is 0.965. The van der Waals surface area contributed by atoms with Crippen LogP contribution in [0.15, 0.2) is 30.5 Å². The molecule has 0 bridgehead atoms. The minimum Gasteiger partial charge on any atom is -0.493 e. The lowest BCUT2D eigenvalue weighted by atomic mass is 10.2. The molecular formula is C13H14N2O. The maximum atomic E-state index is 5.50. The molecule has 16 heavy (non-hydrogen) atoms. The first-order valence-corrected chi connectivity index (χ1v) is 5.67. The highest BCUT2D eigenvalue weighted by Gasteiger charge is 2.11. The van der Waals surface area contributed by atoms with Gasteiger partial charge in [-0.15, -0.1) is 0 Å². The van der Waals surface area contributed by atoms with Crippen LogP contribution in [-0.2, 0) is 4.74 Å². The molecule has 0 aromatic carbocycles. The summed E-state index contributed by atoms with van der Waals surface area (Å²) in [6.07, 6.45) is 8.28. The number of aromatic nitrogens is 1. The molecule has 3 rings (SSSR count). The minimum atomic E-state index is 0.795. The van der Waals surface area contributed by atoms with E-state index < -0.39 is 0 Å². The smallest absolute Gasteiger partial charge is 0.124 e. The van der Waals surface area contributed by atoms with Gasteiger partial charge in [-0.2, -0.15) is 0 Å². The van der Waals surface area contributed by atoms with E-state index in [1.165, 1.54) is 0 Å². The molecule has 0 saturated heterocycles. The molecule has 1 aromatic heterocycles. The van der Waals surface area contributed by atoms with Gasteiger partial charge in [-0.1, -0.05) is 6.08 Å². The van der Waals surface area contributed by atoms with Crippen molar-refractivity contribution < 1.29 is 4.74 Å². The molecule has 0 spiro atoms. The van der Waals surface area contributed by atoms with Gasteiger partial charge in [0.1, 0.15) is 5.76 Å². The Hall–Kier alpha value is -1.77. The topological polar surface area (TPSA) is 34.2 Å². The molecule has 0 atom stereocenters. The molecule has 0 fully saturated rings. The van der Waals surface area contributed by atoms with E-state index in [9.17, 15) is 0 Å². The van der Waals surface area contributed by atoms with Crippen molar-refractivity contribution in [2.45, 2.75) is 12.8 Å². The molecule has 0 saturated carbocycles. The molecule has 2 aliphatic heterocycles. The standard InChI is InChI=1S/C13H14N2O/c1-3-11(14-7-1)12-6-5-10(9-15-12)13-4-2-8-16-13/h3-6,9,14H,1-2,7-8H2. The van der Waals surface area contributed by atoms with E-state index in [1.807, 2.05) is 12.3 Å². The number of hydrogen-bond acceptors (Lipinski definition) is 3. The van der Waals surface area contributed by atoms with Gasteiger partial charge in [0.05, 0.1) is 18.0 Å². The van der Waals surface area contributed by atoms with Crippen LogP contribution in [0, 0.1) is 0 Å². The van der Waals surface area contributed by atoms with Crippen LogP contribution >= 0.6 is 0 Å². The van der Waals surface area contributed by atoms with Crippen molar-refractivity contribution >= 4 is 11.5 Å². The van der Waals surface area contributed by atoms with Gasteiger partial charge in [-0.25, -0.2) is 0 Å². The van der Waals surface area contributed by atoms with Crippen molar-refractivity contribution in [1.29, 1.82) is 0 Å². The predicted octanol–water partition coefficient (Wildman–Crippen LogP) is 2.18. The summed E-state index contributed by atoms with van der Waals surface area (Å²) < 4.78 is 5.50. The fourth-order valence-corrected chi connectivity index (χ4v) is 2.01. The molecule has 0 amide bonds. The van der Waals surface area contributed by atoms with Gasteiger partial charge in [0.15, 0.2) is 0 Å². The quantitative estimate of drug-likeness (QED) is 0.819. The van der Waals surface area contributed by atoms with Crippen LogP contribution in [0.5, 0.6) is 0 Å². The fraction of sp³-hybridized carbons (Fsp3) is 0.308. The van der Waals surface area contributed by atoms with Crippen LogP contribution in [0.3, 0.4) is 0 Å². The number of rotatable bonds is 2. The van der Waals surface area contributed by atoms with Crippen LogP contribution in [0.1, 0.15) is 24.1 Å². The lowest BCUT2D eigenvalue weighted by Crippen LogP contribution is -2.07. The van der Waals surface area contributed by atoms with E-state index in [2.05, 4.69) is 28.5 Å². The number of hydrogen-bond donors (Lipinski definition) is 1. The Kier molecular flexibility index (Phi) is 2.37. The summed E-state index contributed by atoms with van der Waals surface area (Å²) in [4.78, 5) is 4.45. The molecule has 3 heteroatoms. The van der Waals surface area contributed by atoms with Crippen LogP contribution in [0.2, 0.25) is 0 Å². The highest BCUT2D eigenvalue weighted by molar-refractivity contribution is 5.65. The number of nitrogens with zero attached hydrogens (tertiary/aromatic N) is 1. The molecular weight excluding hydrogens is 200 g/mol. The van der Waals surface area contributed by atoms with Gasteiger partial charge >= 0.3 is 0 Å². The predicted molar refractivity (Wildman–Crippen MR) is 63.4 cm³/mol. The Balaban J connectivity index is 1.84. The third kappa shape index (κ3) is 1.69. The highest BCUT2D eigenvalue weighted by Crippen LogP contribution is 2.22. The molecule has 0 unspecified atom stereocenters. The summed E-state index contributed by atoms with van der Waals surface area (Å²) in [5, 5.41) is 3.31. The molecule has 3 heterocycles. The Morgan fingerprint density at radius 2 is 2.19 bits per heavy atom. The first kappa shape index (κ1) is 9.46. The lowest BCUT2D eigenvalue weighted by Gasteiger charge is -2.06. The summed E-state index contributed by atoms with van der Waals surface area (Å²) in [7, 11) is 0. The van der Waals surface area contributed by atoms with Crippen LogP contribution in [0.25, 0.3) is 11.5 Å². The van der Waals surface area contributed by atoms with E-state index in [0.29, 0.717) is 0 Å². The van der Waals surface area contributed by atoms with E-state index in [4.69, 9.17) is 4.74 Å². The molecule has 3 nitrogen and oxygen atoms in total. The third-order valence-electron chi connectivity index (χ3n) is 2.84. The van der Waals surface area contributed by atoms with Gasteiger partial charge in [0.2, 0.25) is 0 Å². The van der Waals surface area contributed by atoms with E-state index >= 15 is 0 Å². The van der Waals surface area contributed by atoms with Gasteiger partial charge < -0.3 is 10.1 Å². The SMILES string of the molecule is C1=C(c2ccc(C3=CCCN3)nc2)OCC1. The second kappa shape index (κ2) is 4.00. The Morgan fingerprint density at radius 1 is 1.19 bits per heavy atom. The van der Waals surface area contributed by atoms with Crippen molar-refractivity contribution in [2.75, 3.05) is 13.2 Å². The summed E-state index contributed by atoms with van der Waals surface area (Å²) in [6.45, 7) is 1.82. The zero-order valence-electron chi connectivity index (χ0n) is 9.07. The molecule has 1 N–H and O–H groups in total. The van der Waals surface area contributed by atoms with Crippen molar-refractivity contribution in [3.8, 4) is 0 Å². The lowest BCUT2D eigenvalue weighted by molar-refractivity contribution is 0.307. The van der Waals surface area contributed by atoms with Crippen LogP contribution in [-0.4, -0.2) is 18.1 Å². The second-order valence-corrected chi connectivity index (χ2v) is 3.97. The molecule has 82 valence electrons. The first-order chi connectivity index (χ1) is 7.93. The number of nitrogens with one attached hydrogen (secondary N) is 1. The van der Waals surface area contributed by atoms with E-state index in [1.54, 1.807) is 0 Å². The largest absolute Gasteiger partial charge is 0.493 e. The van der Waals surface area contributed by atoms with Gasteiger partial charge in [-0.05, 0) is 24.6 Å². The molecule has 0 radical (unpaired) electrons. The maximum absolute atomic E-state index is 5.50. The zero-order chi connectivity index (χ0) is 10.8. The minimum absolute atomic E-state index is 0.795. The Bertz CT molecular complexity index is 403. The fourth-order valence-electron chi connectivity index (χ4n) is 2.01. The summed E-state index contributed by atoms with van der Waals surface area (Å²) in [6, 6.07) is 4.11. The Morgan fingerprint density at radius 3 is 2.81 bits per heavy atom. The second-order valence-electron chi connectivity index (χ2n) is 3.97. The monoisotopic (exact) mass is 214 g/mol.